The second-order valence-electron chi connectivity index (χ2n) is 4.48. The zero-order valence-electron chi connectivity index (χ0n) is 10.6. The SMILES string of the molecule is CCC(C)C(C)Nc1c(Cl)cccc1C(F)(F)F. The number of rotatable bonds is 4. The third-order valence-corrected chi connectivity index (χ3v) is 3.50. The van der Waals surface area contributed by atoms with Crippen molar-refractivity contribution in [3.8, 4) is 0 Å². The number of hydrogen-bond donors (Lipinski definition) is 1. The number of benzene rings is 1. The molecule has 102 valence electrons. The van der Waals surface area contributed by atoms with Crippen LogP contribution in [0.1, 0.15) is 32.8 Å². The van der Waals surface area contributed by atoms with Gasteiger partial charge in [-0.3, -0.25) is 0 Å². The zero-order valence-corrected chi connectivity index (χ0v) is 11.4. The lowest BCUT2D eigenvalue weighted by Crippen LogP contribution is -2.25. The number of para-hydroxylation sites is 1. The largest absolute Gasteiger partial charge is 0.418 e. The molecule has 1 nitrogen and oxygen atoms in total. The standard InChI is InChI=1S/C13H17ClF3N/c1-4-8(2)9(3)18-12-10(13(15,16)17)6-5-7-11(12)14/h5-9,18H,4H2,1-3H3. The van der Waals surface area contributed by atoms with Crippen LogP contribution in [0.15, 0.2) is 18.2 Å². The highest BCUT2D eigenvalue weighted by molar-refractivity contribution is 6.33. The van der Waals surface area contributed by atoms with Crippen LogP contribution in [0.3, 0.4) is 0 Å². The van der Waals surface area contributed by atoms with Crippen molar-refractivity contribution in [1.82, 2.24) is 0 Å². The van der Waals surface area contributed by atoms with Crippen molar-refractivity contribution in [2.45, 2.75) is 39.4 Å². The molecule has 0 radical (unpaired) electrons. The molecule has 1 aromatic carbocycles. The number of nitrogens with one attached hydrogen (secondary N) is 1. The van der Waals surface area contributed by atoms with Crippen molar-refractivity contribution in [2.75, 3.05) is 5.32 Å². The molecule has 5 heteroatoms. The number of hydrogen-bond acceptors (Lipinski definition) is 1. The average molecular weight is 280 g/mol. The van der Waals surface area contributed by atoms with E-state index in [0.29, 0.717) is 0 Å². The van der Waals surface area contributed by atoms with E-state index >= 15 is 0 Å². The summed E-state index contributed by atoms with van der Waals surface area (Å²) in [5.41, 5.74) is -0.746. The van der Waals surface area contributed by atoms with Crippen LogP contribution in [0.2, 0.25) is 5.02 Å². The molecule has 0 spiro atoms. The molecule has 18 heavy (non-hydrogen) atoms. The van der Waals surface area contributed by atoms with Gasteiger partial charge in [0, 0.05) is 6.04 Å². The van der Waals surface area contributed by atoms with E-state index in [9.17, 15) is 13.2 Å². The summed E-state index contributed by atoms with van der Waals surface area (Å²) in [6, 6.07) is 3.74. The Balaban J connectivity index is 3.08. The quantitative estimate of drug-likeness (QED) is 0.798. The van der Waals surface area contributed by atoms with Crippen LogP contribution in [0, 0.1) is 5.92 Å². The summed E-state index contributed by atoms with van der Waals surface area (Å²) >= 11 is 5.86. The predicted octanol–water partition coefficient (Wildman–Crippen LogP) is 5.21. The Morgan fingerprint density at radius 1 is 1.28 bits per heavy atom. The molecule has 1 N–H and O–H groups in total. The van der Waals surface area contributed by atoms with Crippen molar-refractivity contribution < 1.29 is 13.2 Å². The van der Waals surface area contributed by atoms with Gasteiger partial charge in [0.1, 0.15) is 0 Å². The Morgan fingerprint density at radius 3 is 2.39 bits per heavy atom. The Kier molecular flexibility index (Phi) is 4.91. The molecule has 0 fully saturated rings. The molecule has 2 atom stereocenters. The number of alkyl halides is 3. The van der Waals surface area contributed by atoms with Crippen LogP contribution in [0.25, 0.3) is 0 Å². The molecule has 0 saturated carbocycles. The Labute approximate surface area is 110 Å². The lowest BCUT2D eigenvalue weighted by atomic mass is 10.00. The summed E-state index contributed by atoms with van der Waals surface area (Å²) in [4.78, 5) is 0. The first-order valence-electron chi connectivity index (χ1n) is 5.89. The highest BCUT2D eigenvalue weighted by atomic mass is 35.5. The summed E-state index contributed by atoms with van der Waals surface area (Å²) in [5.74, 6) is 0.266. The van der Waals surface area contributed by atoms with Gasteiger partial charge in [-0.25, -0.2) is 0 Å². The van der Waals surface area contributed by atoms with E-state index in [1.165, 1.54) is 12.1 Å². The Morgan fingerprint density at radius 2 is 1.89 bits per heavy atom. The molecule has 0 aliphatic heterocycles. The third-order valence-electron chi connectivity index (χ3n) is 3.19. The number of anilines is 1. The van der Waals surface area contributed by atoms with E-state index in [4.69, 9.17) is 11.6 Å². The molecule has 0 bridgehead atoms. The summed E-state index contributed by atoms with van der Waals surface area (Å²) in [6.07, 6.45) is -3.51. The van der Waals surface area contributed by atoms with Crippen LogP contribution < -0.4 is 5.32 Å². The molecule has 1 rings (SSSR count). The summed E-state index contributed by atoms with van der Waals surface area (Å²) < 4.78 is 38.6. The van der Waals surface area contributed by atoms with Gasteiger partial charge < -0.3 is 5.32 Å². The molecule has 0 amide bonds. The van der Waals surface area contributed by atoms with Gasteiger partial charge in [-0.15, -0.1) is 0 Å². The summed E-state index contributed by atoms with van der Waals surface area (Å²) in [6.45, 7) is 5.85. The van der Waals surface area contributed by atoms with Crippen molar-refractivity contribution in [2.24, 2.45) is 5.92 Å². The van der Waals surface area contributed by atoms with E-state index in [0.717, 1.165) is 12.5 Å². The van der Waals surface area contributed by atoms with Crippen LogP contribution >= 0.6 is 11.6 Å². The van der Waals surface area contributed by atoms with E-state index in [1.807, 2.05) is 20.8 Å². The van der Waals surface area contributed by atoms with Crippen LogP contribution in [-0.2, 0) is 6.18 Å². The molecule has 0 heterocycles. The smallest absolute Gasteiger partial charge is 0.381 e. The highest BCUT2D eigenvalue weighted by Crippen LogP contribution is 2.39. The first-order valence-corrected chi connectivity index (χ1v) is 6.27. The highest BCUT2D eigenvalue weighted by Gasteiger charge is 2.34. The first-order chi connectivity index (χ1) is 8.27. The van der Waals surface area contributed by atoms with Gasteiger partial charge in [-0.05, 0) is 25.0 Å². The van der Waals surface area contributed by atoms with Crippen LogP contribution in [0.5, 0.6) is 0 Å². The van der Waals surface area contributed by atoms with Gasteiger partial charge in [0.25, 0.3) is 0 Å². The normalized spacial score (nSPS) is 15.3. The van der Waals surface area contributed by atoms with Crippen molar-refractivity contribution in [1.29, 1.82) is 0 Å². The third kappa shape index (κ3) is 3.55. The van der Waals surface area contributed by atoms with E-state index in [1.54, 1.807) is 0 Å². The molecule has 0 saturated heterocycles. The number of halogens is 4. The van der Waals surface area contributed by atoms with Gasteiger partial charge in [0.05, 0.1) is 16.3 Å². The van der Waals surface area contributed by atoms with Gasteiger partial charge in [0.15, 0.2) is 0 Å². The monoisotopic (exact) mass is 279 g/mol. The topological polar surface area (TPSA) is 12.0 Å². The van der Waals surface area contributed by atoms with E-state index in [2.05, 4.69) is 5.32 Å². The lowest BCUT2D eigenvalue weighted by Gasteiger charge is -2.24. The van der Waals surface area contributed by atoms with Gasteiger partial charge >= 0.3 is 6.18 Å². The van der Waals surface area contributed by atoms with Crippen molar-refractivity contribution in [3.63, 3.8) is 0 Å². The molecule has 1 aromatic rings. The fraction of sp³-hybridized carbons (Fsp3) is 0.538. The van der Waals surface area contributed by atoms with Gasteiger partial charge in [-0.2, -0.15) is 13.2 Å². The Bertz CT molecular complexity index is 404. The van der Waals surface area contributed by atoms with Crippen molar-refractivity contribution >= 4 is 17.3 Å². The molecule has 0 aliphatic carbocycles. The fourth-order valence-electron chi connectivity index (χ4n) is 1.63. The molecule has 0 aliphatic rings. The average Bonchev–Trinajstić information content (AvgIpc) is 2.29. The first kappa shape index (κ1) is 15.2. The second kappa shape index (κ2) is 5.83. The summed E-state index contributed by atoms with van der Waals surface area (Å²) in [7, 11) is 0. The van der Waals surface area contributed by atoms with E-state index < -0.39 is 11.7 Å². The minimum Gasteiger partial charge on any atom is -0.381 e. The van der Waals surface area contributed by atoms with E-state index in [-0.39, 0.29) is 22.7 Å². The van der Waals surface area contributed by atoms with Gasteiger partial charge in [0.2, 0.25) is 0 Å². The van der Waals surface area contributed by atoms with Crippen LogP contribution in [-0.4, -0.2) is 6.04 Å². The summed E-state index contributed by atoms with van der Waals surface area (Å²) in [5, 5.41) is 2.98. The predicted molar refractivity (Wildman–Crippen MR) is 69.0 cm³/mol. The Hall–Kier alpha value is -0.900. The maximum Gasteiger partial charge on any atom is 0.418 e. The minimum absolute atomic E-state index is 0.0283. The van der Waals surface area contributed by atoms with Crippen LogP contribution in [0.4, 0.5) is 18.9 Å². The fourth-order valence-corrected chi connectivity index (χ4v) is 1.86. The minimum atomic E-state index is -4.40. The second-order valence-corrected chi connectivity index (χ2v) is 4.89. The van der Waals surface area contributed by atoms with Crippen molar-refractivity contribution in [3.05, 3.63) is 28.8 Å². The zero-order chi connectivity index (χ0) is 13.9. The lowest BCUT2D eigenvalue weighted by molar-refractivity contribution is -0.137. The maximum atomic E-state index is 12.9. The molecular weight excluding hydrogens is 263 g/mol. The van der Waals surface area contributed by atoms with Gasteiger partial charge in [-0.1, -0.05) is 37.9 Å². The molecule has 0 aromatic heterocycles. The molecule has 2 unspecified atom stereocenters. The maximum absolute atomic E-state index is 12.9. The molecular formula is C13H17ClF3N.